The first-order valence-corrected chi connectivity index (χ1v) is 9.98. The third kappa shape index (κ3) is 4.05. The number of nitrogens with one attached hydrogen (secondary N) is 1. The van der Waals surface area contributed by atoms with Crippen LogP contribution in [0.2, 0.25) is 0 Å². The molecule has 1 aromatic carbocycles. The number of aromatic nitrogens is 2. The van der Waals surface area contributed by atoms with E-state index in [1.165, 1.54) is 6.07 Å². The minimum Gasteiger partial charge on any atom is -0.439 e. The topological polar surface area (TPSA) is 67.3 Å². The molecule has 5 rings (SSSR count). The number of halogens is 3. The zero-order chi connectivity index (χ0) is 21.6. The van der Waals surface area contributed by atoms with E-state index in [-0.39, 0.29) is 17.3 Å². The monoisotopic (exact) mass is 428 g/mol. The molecule has 1 amide bonds. The van der Waals surface area contributed by atoms with Crippen LogP contribution in [0.15, 0.2) is 48.7 Å². The maximum Gasteiger partial charge on any atom is 0.417 e. The van der Waals surface area contributed by atoms with Crippen LogP contribution in [-0.2, 0) is 6.18 Å². The van der Waals surface area contributed by atoms with E-state index in [1.807, 2.05) is 4.90 Å². The number of alkyl halides is 3. The molecular formula is C22H19F3N4O2. The molecule has 1 aliphatic carbocycles. The van der Waals surface area contributed by atoms with Gasteiger partial charge in [0.05, 0.1) is 11.1 Å². The number of hydrogen-bond donors (Lipinski definition) is 1. The zero-order valence-electron chi connectivity index (χ0n) is 16.4. The minimum atomic E-state index is -4.45. The Bertz CT molecular complexity index is 1140. The second kappa shape index (κ2) is 7.19. The van der Waals surface area contributed by atoms with Gasteiger partial charge in [0, 0.05) is 42.8 Å². The summed E-state index contributed by atoms with van der Waals surface area (Å²) in [7, 11) is 0. The highest BCUT2D eigenvalue weighted by Crippen LogP contribution is 2.37. The number of amides is 1. The number of hydrogen-bond acceptors (Lipinski definition) is 5. The summed E-state index contributed by atoms with van der Waals surface area (Å²) in [5.74, 6) is 0.391. The van der Waals surface area contributed by atoms with Crippen molar-refractivity contribution in [3.63, 3.8) is 0 Å². The first-order chi connectivity index (χ1) is 14.8. The molecule has 2 aromatic heterocycles. The fraction of sp³-hybridized carbons (Fsp3) is 0.318. The Morgan fingerprint density at radius 2 is 1.97 bits per heavy atom. The Morgan fingerprint density at radius 3 is 2.68 bits per heavy atom. The maximum absolute atomic E-state index is 12.9. The van der Waals surface area contributed by atoms with E-state index < -0.39 is 11.7 Å². The number of benzene rings is 1. The van der Waals surface area contributed by atoms with Crippen molar-refractivity contribution in [2.45, 2.75) is 24.6 Å². The van der Waals surface area contributed by atoms with E-state index in [4.69, 9.17) is 4.74 Å². The molecule has 1 spiro atoms. The van der Waals surface area contributed by atoms with Crippen LogP contribution in [-0.4, -0.2) is 45.9 Å². The molecule has 2 aliphatic rings. The lowest BCUT2D eigenvalue weighted by Crippen LogP contribution is -2.54. The quantitative estimate of drug-likeness (QED) is 0.683. The zero-order valence-corrected chi connectivity index (χ0v) is 16.4. The second-order valence-corrected chi connectivity index (χ2v) is 7.97. The normalized spacial score (nSPS) is 17.7. The summed E-state index contributed by atoms with van der Waals surface area (Å²) in [6.45, 7) is 2.16. The molecule has 1 saturated heterocycles. The molecular weight excluding hydrogens is 409 g/mol. The van der Waals surface area contributed by atoms with Gasteiger partial charge in [0.15, 0.2) is 0 Å². The van der Waals surface area contributed by atoms with E-state index in [0.29, 0.717) is 30.0 Å². The van der Waals surface area contributed by atoms with Gasteiger partial charge in [-0.2, -0.15) is 13.2 Å². The number of fused-ring (bicyclic) bond motifs is 1. The Morgan fingerprint density at radius 1 is 1.13 bits per heavy atom. The number of rotatable bonds is 3. The molecule has 6 nitrogen and oxygen atoms in total. The van der Waals surface area contributed by atoms with Gasteiger partial charge in [0.25, 0.3) is 5.91 Å². The van der Waals surface area contributed by atoms with E-state index in [0.717, 1.165) is 37.0 Å². The molecule has 1 aliphatic heterocycles. The number of piperazine rings is 1. The van der Waals surface area contributed by atoms with Crippen LogP contribution in [0.1, 0.15) is 28.9 Å². The summed E-state index contributed by atoms with van der Waals surface area (Å²) >= 11 is 0. The first-order valence-electron chi connectivity index (χ1n) is 9.98. The Hall–Kier alpha value is -3.20. The van der Waals surface area contributed by atoms with Gasteiger partial charge in [-0.05, 0) is 43.2 Å². The van der Waals surface area contributed by atoms with Gasteiger partial charge in [-0.25, -0.2) is 9.97 Å². The molecule has 3 heterocycles. The van der Waals surface area contributed by atoms with Crippen LogP contribution in [0.25, 0.3) is 10.9 Å². The van der Waals surface area contributed by atoms with Gasteiger partial charge in [-0.15, -0.1) is 0 Å². The van der Waals surface area contributed by atoms with E-state index >= 15 is 0 Å². The summed E-state index contributed by atoms with van der Waals surface area (Å²) in [6, 6.07) is 10.6. The molecule has 0 bridgehead atoms. The Balaban J connectivity index is 1.32. The fourth-order valence-electron chi connectivity index (χ4n) is 3.79. The van der Waals surface area contributed by atoms with Crippen molar-refractivity contribution in [1.82, 2.24) is 20.2 Å². The largest absolute Gasteiger partial charge is 0.439 e. The lowest BCUT2D eigenvalue weighted by Gasteiger charge is -2.33. The Labute approximate surface area is 176 Å². The molecule has 31 heavy (non-hydrogen) atoms. The van der Waals surface area contributed by atoms with Gasteiger partial charge < -0.3 is 15.0 Å². The maximum atomic E-state index is 12.9. The standard InChI is InChI=1S/C22H19F3N4O2/c23-22(24,25)15-2-6-19(26-12-15)31-16-3-5-17-14(11-16)1-4-18(28-17)20(30)29-10-9-27-21(13-29)7-8-21/h1-6,11-12,27H,7-10,13H2. The molecule has 1 N–H and O–H groups in total. The minimum absolute atomic E-state index is 0.0554. The van der Waals surface area contributed by atoms with E-state index in [9.17, 15) is 18.0 Å². The van der Waals surface area contributed by atoms with Crippen LogP contribution < -0.4 is 10.1 Å². The molecule has 0 radical (unpaired) electrons. The third-order valence-corrected chi connectivity index (χ3v) is 5.68. The second-order valence-electron chi connectivity index (χ2n) is 7.97. The summed E-state index contributed by atoms with van der Waals surface area (Å²) in [5, 5.41) is 4.23. The van der Waals surface area contributed by atoms with Gasteiger partial charge in [0.1, 0.15) is 11.4 Å². The SMILES string of the molecule is O=C(c1ccc2cc(Oc3ccc(C(F)(F)F)cn3)ccc2n1)N1CCNC2(CC2)C1. The van der Waals surface area contributed by atoms with Crippen LogP contribution in [0.3, 0.4) is 0 Å². The summed E-state index contributed by atoms with van der Waals surface area (Å²) < 4.78 is 43.5. The van der Waals surface area contributed by atoms with Crippen LogP contribution in [0, 0.1) is 0 Å². The van der Waals surface area contributed by atoms with Gasteiger partial charge in [0.2, 0.25) is 5.88 Å². The smallest absolute Gasteiger partial charge is 0.417 e. The van der Waals surface area contributed by atoms with E-state index in [1.54, 1.807) is 30.3 Å². The number of nitrogens with zero attached hydrogens (tertiary/aromatic N) is 3. The Kier molecular flexibility index (Phi) is 4.58. The predicted octanol–water partition coefficient (Wildman–Crippen LogP) is 4.02. The number of carbonyl (C=O) groups excluding carboxylic acids is 1. The molecule has 0 unspecified atom stereocenters. The summed E-state index contributed by atoms with van der Waals surface area (Å²) in [6.07, 6.45) is -1.52. The molecule has 1 saturated carbocycles. The van der Waals surface area contributed by atoms with Gasteiger partial charge in [-0.3, -0.25) is 4.79 Å². The molecule has 0 atom stereocenters. The van der Waals surface area contributed by atoms with Crippen molar-refractivity contribution in [3.8, 4) is 11.6 Å². The highest BCUT2D eigenvalue weighted by molar-refractivity contribution is 5.95. The summed E-state index contributed by atoms with van der Waals surface area (Å²) in [5.41, 5.74) is 0.290. The fourth-order valence-corrected chi connectivity index (χ4v) is 3.79. The molecule has 9 heteroatoms. The lowest BCUT2D eigenvalue weighted by molar-refractivity contribution is -0.137. The predicted molar refractivity (Wildman–Crippen MR) is 107 cm³/mol. The van der Waals surface area contributed by atoms with Crippen molar-refractivity contribution in [2.75, 3.05) is 19.6 Å². The number of ether oxygens (including phenoxy) is 1. The van der Waals surface area contributed by atoms with Crippen molar-refractivity contribution < 1.29 is 22.7 Å². The average Bonchev–Trinajstić information content (AvgIpc) is 3.50. The average molecular weight is 428 g/mol. The van der Waals surface area contributed by atoms with Gasteiger partial charge >= 0.3 is 6.18 Å². The molecule has 2 fully saturated rings. The molecule has 160 valence electrons. The number of pyridine rings is 2. The summed E-state index contributed by atoms with van der Waals surface area (Å²) in [4.78, 5) is 23.0. The van der Waals surface area contributed by atoms with Crippen LogP contribution in [0.4, 0.5) is 13.2 Å². The van der Waals surface area contributed by atoms with Crippen molar-refractivity contribution in [1.29, 1.82) is 0 Å². The van der Waals surface area contributed by atoms with E-state index in [2.05, 4.69) is 15.3 Å². The number of carbonyl (C=O) groups is 1. The highest BCUT2D eigenvalue weighted by atomic mass is 19.4. The van der Waals surface area contributed by atoms with Crippen molar-refractivity contribution >= 4 is 16.8 Å². The van der Waals surface area contributed by atoms with Crippen LogP contribution >= 0.6 is 0 Å². The molecule has 3 aromatic rings. The highest BCUT2D eigenvalue weighted by Gasteiger charge is 2.46. The van der Waals surface area contributed by atoms with Crippen LogP contribution in [0.5, 0.6) is 11.6 Å². The lowest BCUT2D eigenvalue weighted by atomic mass is 10.1. The van der Waals surface area contributed by atoms with Gasteiger partial charge in [-0.1, -0.05) is 6.07 Å². The third-order valence-electron chi connectivity index (χ3n) is 5.68. The van der Waals surface area contributed by atoms with Crippen molar-refractivity contribution in [3.05, 3.63) is 59.9 Å². The first kappa shape index (κ1) is 19.7. The van der Waals surface area contributed by atoms with Crippen molar-refractivity contribution in [2.24, 2.45) is 0 Å².